The molecule has 2 N–H and O–H groups in total. The fraction of sp³-hybridized carbons (Fsp3) is 1.00. The van der Waals surface area contributed by atoms with Crippen molar-refractivity contribution in [1.29, 1.82) is 0 Å². The second-order valence-electron chi connectivity index (χ2n) is 1.58. The maximum atomic E-state index is 8.57. The Hall–Kier alpha value is -0.160. The minimum absolute atomic E-state index is 0.150. The summed E-state index contributed by atoms with van der Waals surface area (Å²) >= 11 is 0. The van der Waals surface area contributed by atoms with Crippen LogP contribution in [0.2, 0.25) is 0 Å². The smallest absolute Gasteiger partial charge is 0.181 e. The first-order valence-electron chi connectivity index (χ1n) is 2.38. The molecular weight excluding hydrogens is 112 g/mol. The minimum Gasteiger partial charge on any atom is -0.371 e. The summed E-state index contributed by atoms with van der Waals surface area (Å²) in [5.74, 6) is 0. The van der Waals surface area contributed by atoms with Crippen LogP contribution in [0.25, 0.3) is 0 Å². The van der Waals surface area contributed by atoms with Crippen molar-refractivity contribution in [2.45, 2.75) is 12.6 Å². The lowest BCUT2D eigenvalue weighted by molar-refractivity contribution is -0.278. The van der Waals surface area contributed by atoms with E-state index in [1.807, 2.05) is 0 Å². The Morgan fingerprint density at radius 2 is 1.62 bits per heavy atom. The summed E-state index contributed by atoms with van der Waals surface area (Å²) in [7, 11) is 0. The van der Waals surface area contributed by atoms with Crippen LogP contribution in [0, 0.1) is 0 Å². The van der Waals surface area contributed by atoms with Gasteiger partial charge in [0.1, 0.15) is 0 Å². The maximum absolute atomic E-state index is 8.57. The van der Waals surface area contributed by atoms with Gasteiger partial charge in [-0.1, -0.05) is 0 Å². The predicted octanol–water partition coefficient (Wildman–Crippen LogP) is -1.33. The van der Waals surface area contributed by atoms with E-state index in [2.05, 4.69) is 9.47 Å². The Kier molecular flexibility index (Phi) is 1.80. The molecule has 0 aromatic rings. The van der Waals surface area contributed by atoms with Crippen molar-refractivity contribution in [3.05, 3.63) is 0 Å². The Labute approximate surface area is 46.6 Å². The molecule has 2 unspecified atom stereocenters. The summed E-state index contributed by atoms with van der Waals surface area (Å²) in [6.45, 7) is 0.300. The van der Waals surface area contributed by atoms with Gasteiger partial charge in [0.15, 0.2) is 12.6 Å². The second-order valence-corrected chi connectivity index (χ2v) is 1.58. The molecule has 1 aliphatic rings. The van der Waals surface area contributed by atoms with E-state index in [4.69, 9.17) is 10.2 Å². The van der Waals surface area contributed by atoms with Crippen LogP contribution in [-0.4, -0.2) is 36.0 Å². The molecule has 0 bridgehead atoms. The molecule has 2 atom stereocenters. The molecule has 0 aromatic carbocycles. The van der Waals surface area contributed by atoms with Gasteiger partial charge < -0.3 is 19.7 Å². The first kappa shape index (κ1) is 5.97. The fourth-order valence-electron chi connectivity index (χ4n) is 0.530. The van der Waals surface area contributed by atoms with E-state index >= 15 is 0 Å². The second kappa shape index (κ2) is 2.41. The lowest BCUT2D eigenvalue weighted by atomic mass is 10.5. The summed E-state index contributed by atoms with van der Waals surface area (Å²) in [6, 6.07) is 0. The Balaban J connectivity index is 2.23. The van der Waals surface area contributed by atoms with E-state index in [0.717, 1.165) is 0 Å². The van der Waals surface area contributed by atoms with E-state index in [-0.39, 0.29) is 13.2 Å². The third-order valence-corrected chi connectivity index (χ3v) is 0.835. The summed E-state index contributed by atoms with van der Waals surface area (Å²) < 4.78 is 9.14. The van der Waals surface area contributed by atoms with Crippen LogP contribution in [0.3, 0.4) is 0 Å². The number of hydrogen-bond donors (Lipinski definition) is 2. The molecule has 1 rings (SSSR count). The van der Waals surface area contributed by atoms with Crippen LogP contribution >= 0.6 is 0 Å². The van der Waals surface area contributed by atoms with Crippen LogP contribution in [0.4, 0.5) is 0 Å². The molecule has 0 amide bonds. The van der Waals surface area contributed by atoms with E-state index in [9.17, 15) is 0 Å². The van der Waals surface area contributed by atoms with Gasteiger partial charge >= 0.3 is 0 Å². The molecule has 1 fully saturated rings. The standard InChI is InChI=1S/C4H8O4/c5-3-1-7-2-4(6)8-3/h3-6H,1-2H2. The number of rotatable bonds is 0. The normalized spacial score (nSPS) is 39.8. The summed E-state index contributed by atoms with van der Waals surface area (Å²) in [5.41, 5.74) is 0. The van der Waals surface area contributed by atoms with Crippen LogP contribution in [0.5, 0.6) is 0 Å². The Bertz CT molecular complexity index is 66.4. The molecule has 8 heavy (non-hydrogen) atoms. The quantitative estimate of drug-likeness (QED) is 0.416. The third kappa shape index (κ3) is 1.41. The van der Waals surface area contributed by atoms with Gasteiger partial charge in [-0.3, -0.25) is 0 Å². The zero-order valence-corrected chi connectivity index (χ0v) is 4.28. The third-order valence-electron chi connectivity index (χ3n) is 0.835. The molecule has 48 valence electrons. The van der Waals surface area contributed by atoms with Gasteiger partial charge in [-0.15, -0.1) is 0 Å². The molecule has 0 spiro atoms. The van der Waals surface area contributed by atoms with Gasteiger partial charge in [0, 0.05) is 0 Å². The number of aliphatic hydroxyl groups excluding tert-OH is 2. The molecule has 4 heteroatoms. The summed E-state index contributed by atoms with van der Waals surface area (Å²) in [5, 5.41) is 17.1. The first-order valence-corrected chi connectivity index (χ1v) is 2.38. The van der Waals surface area contributed by atoms with Crippen molar-refractivity contribution >= 4 is 0 Å². The van der Waals surface area contributed by atoms with E-state index in [1.165, 1.54) is 0 Å². The molecule has 1 saturated heterocycles. The number of aliphatic hydroxyl groups is 2. The fourth-order valence-corrected chi connectivity index (χ4v) is 0.530. The van der Waals surface area contributed by atoms with Gasteiger partial charge in [0.2, 0.25) is 0 Å². The van der Waals surface area contributed by atoms with E-state index < -0.39 is 12.6 Å². The zero-order chi connectivity index (χ0) is 5.98. The Morgan fingerprint density at radius 3 is 1.88 bits per heavy atom. The van der Waals surface area contributed by atoms with Gasteiger partial charge in [-0.25, -0.2) is 0 Å². The molecule has 0 aliphatic carbocycles. The number of ether oxygens (including phenoxy) is 2. The topological polar surface area (TPSA) is 58.9 Å². The molecule has 1 heterocycles. The lowest BCUT2D eigenvalue weighted by Gasteiger charge is -2.22. The van der Waals surface area contributed by atoms with Crippen LogP contribution in [0.15, 0.2) is 0 Å². The predicted molar refractivity (Wildman–Crippen MR) is 23.9 cm³/mol. The average molecular weight is 120 g/mol. The highest BCUT2D eigenvalue weighted by molar-refractivity contribution is 4.48. The monoisotopic (exact) mass is 120 g/mol. The molecule has 0 saturated carbocycles. The molecule has 0 radical (unpaired) electrons. The largest absolute Gasteiger partial charge is 0.371 e. The summed E-state index contributed by atoms with van der Waals surface area (Å²) in [4.78, 5) is 0. The Morgan fingerprint density at radius 1 is 1.12 bits per heavy atom. The highest BCUT2D eigenvalue weighted by Crippen LogP contribution is 2.01. The van der Waals surface area contributed by atoms with Gasteiger partial charge in [-0.05, 0) is 0 Å². The average Bonchev–Trinajstić information content (AvgIpc) is 1.64. The molecule has 1 aliphatic heterocycles. The van der Waals surface area contributed by atoms with Crippen molar-refractivity contribution < 1.29 is 19.7 Å². The first-order chi connectivity index (χ1) is 3.79. The minimum atomic E-state index is -0.959. The zero-order valence-electron chi connectivity index (χ0n) is 4.28. The maximum Gasteiger partial charge on any atom is 0.181 e. The van der Waals surface area contributed by atoms with Crippen LogP contribution in [-0.2, 0) is 9.47 Å². The van der Waals surface area contributed by atoms with Crippen molar-refractivity contribution in [2.75, 3.05) is 13.2 Å². The van der Waals surface area contributed by atoms with Gasteiger partial charge in [-0.2, -0.15) is 0 Å². The lowest BCUT2D eigenvalue weighted by Crippen LogP contribution is -2.35. The van der Waals surface area contributed by atoms with E-state index in [0.29, 0.717) is 0 Å². The van der Waals surface area contributed by atoms with Crippen molar-refractivity contribution in [2.24, 2.45) is 0 Å². The van der Waals surface area contributed by atoms with Crippen molar-refractivity contribution in [3.63, 3.8) is 0 Å². The highest BCUT2D eigenvalue weighted by Gasteiger charge is 2.17. The van der Waals surface area contributed by atoms with Crippen LogP contribution < -0.4 is 0 Å². The van der Waals surface area contributed by atoms with Crippen LogP contribution in [0.1, 0.15) is 0 Å². The molecule has 0 aromatic heterocycles. The van der Waals surface area contributed by atoms with Crippen molar-refractivity contribution in [1.82, 2.24) is 0 Å². The SMILES string of the molecule is OC1COCC(O)O1. The van der Waals surface area contributed by atoms with Crippen molar-refractivity contribution in [3.8, 4) is 0 Å². The molecular formula is C4H8O4. The van der Waals surface area contributed by atoms with Gasteiger partial charge in [0.05, 0.1) is 13.2 Å². The molecule has 4 nitrogen and oxygen atoms in total. The highest BCUT2D eigenvalue weighted by atomic mass is 16.7. The number of hydrogen-bond acceptors (Lipinski definition) is 4. The van der Waals surface area contributed by atoms with E-state index in [1.54, 1.807) is 0 Å². The van der Waals surface area contributed by atoms with Gasteiger partial charge in [0.25, 0.3) is 0 Å². The summed E-state index contributed by atoms with van der Waals surface area (Å²) in [6.07, 6.45) is -1.92.